The topological polar surface area (TPSA) is 33.0 Å². The minimum Gasteiger partial charge on any atom is -0.497 e. The molecule has 2 aromatic rings. The molecule has 2 aromatic carbocycles. The molecular formula is C19H21NO. The molecule has 2 nitrogen and oxygen atoms in total. The number of nitrogens with zero attached hydrogens (tertiary/aromatic N) is 1. The molecule has 0 unspecified atom stereocenters. The van der Waals surface area contributed by atoms with Gasteiger partial charge in [-0.15, -0.1) is 0 Å². The van der Waals surface area contributed by atoms with E-state index in [2.05, 4.69) is 32.9 Å². The SMILES string of the molecule is COc1cccc(Cc2c(C)c(C)c(C)c(C)c2C#N)c1. The summed E-state index contributed by atoms with van der Waals surface area (Å²) in [6, 6.07) is 10.4. The third-order valence-electron chi connectivity index (χ3n) is 4.44. The average Bonchev–Trinajstić information content (AvgIpc) is 2.51. The van der Waals surface area contributed by atoms with E-state index in [9.17, 15) is 5.26 Å². The minimum atomic E-state index is 0.758. The molecule has 0 atom stereocenters. The molecule has 0 bridgehead atoms. The van der Waals surface area contributed by atoms with Crippen molar-refractivity contribution in [1.29, 1.82) is 5.26 Å². The fourth-order valence-corrected chi connectivity index (χ4v) is 2.75. The summed E-state index contributed by atoms with van der Waals surface area (Å²) in [7, 11) is 1.67. The van der Waals surface area contributed by atoms with Gasteiger partial charge in [0.05, 0.1) is 18.7 Å². The van der Waals surface area contributed by atoms with E-state index < -0.39 is 0 Å². The van der Waals surface area contributed by atoms with E-state index in [0.29, 0.717) is 0 Å². The molecule has 0 amide bonds. The zero-order chi connectivity index (χ0) is 15.6. The lowest BCUT2D eigenvalue weighted by molar-refractivity contribution is 0.414. The van der Waals surface area contributed by atoms with E-state index in [1.54, 1.807) is 7.11 Å². The lowest BCUT2D eigenvalue weighted by atomic mass is 9.86. The second kappa shape index (κ2) is 6.01. The Morgan fingerprint density at radius 1 is 1.00 bits per heavy atom. The van der Waals surface area contributed by atoms with Crippen molar-refractivity contribution in [3.8, 4) is 11.8 Å². The number of rotatable bonds is 3. The molecule has 0 heterocycles. The Labute approximate surface area is 127 Å². The Bertz CT molecular complexity index is 723. The molecule has 2 rings (SSSR count). The van der Waals surface area contributed by atoms with Crippen LogP contribution in [0.3, 0.4) is 0 Å². The summed E-state index contributed by atoms with van der Waals surface area (Å²) in [4.78, 5) is 0. The predicted molar refractivity (Wildman–Crippen MR) is 85.9 cm³/mol. The summed E-state index contributed by atoms with van der Waals surface area (Å²) in [5.74, 6) is 0.851. The lowest BCUT2D eigenvalue weighted by Gasteiger charge is -2.17. The van der Waals surface area contributed by atoms with Gasteiger partial charge in [-0.2, -0.15) is 5.26 Å². The highest BCUT2D eigenvalue weighted by atomic mass is 16.5. The standard InChI is InChI=1S/C19H21NO/c1-12-13(2)15(4)19(11-20)18(14(12)3)10-16-7-6-8-17(9-16)21-5/h6-9H,10H2,1-5H3. The first-order valence-electron chi connectivity index (χ1n) is 7.11. The van der Waals surface area contributed by atoms with Crippen molar-refractivity contribution in [2.45, 2.75) is 34.1 Å². The predicted octanol–water partition coefficient (Wildman–Crippen LogP) is 4.39. The minimum absolute atomic E-state index is 0.758. The third-order valence-corrected chi connectivity index (χ3v) is 4.44. The lowest BCUT2D eigenvalue weighted by Crippen LogP contribution is -2.04. The number of hydrogen-bond donors (Lipinski definition) is 0. The Balaban J connectivity index is 2.56. The summed E-state index contributed by atoms with van der Waals surface area (Å²) in [5.41, 5.74) is 7.93. The van der Waals surface area contributed by atoms with E-state index in [1.807, 2.05) is 25.1 Å². The zero-order valence-electron chi connectivity index (χ0n) is 13.4. The quantitative estimate of drug-likeness (QED) is 0.834. The van der Waals surface area contributed by atoms with E-state index in [4.69, 9.17) is 4.74 Å². The molecule has 108 valence electrons. The first kappa shape index (κ1) is 15.1. The van der Waals surface area contributed by atoms with Crippen molar-refractivity contribution in [3.05, 3.63) is 63.2 Å². The van der Waals surface area contributed by atoms with Crippen LogP contribution < -0.4 is 4.74 Å². The van der Waals surface area contributed by atoms with Gasteiger partial charge in [-0.1, -0.05) is 12.1 Å². The summed E-state index contributed by atoms with van der Waals surface area (Å²) in [6.45, 7) is 8.37. The fraction of sp³-hybridized carbons (Fsp3) is 0.316. The fourth-order valence-electron chi connectivity index (χ4n) is 2.75. The van der Waals surface area contributed by atoms with Crippen molar-refractivity contribution >= 4 is 0 Å². The molecule has 0 aliphatic rings. The van der Waals surface area contributed by atoms with E-state index in [0.717, 1.165) is 34.4 Å². The molecular weight excluding hydrogens is 258 g/mol. The molecule has 0 aliphatic carbocycles. The molecule has 0 N–H and O–H groups in total. The van der Waals surface area contributed by atoms with Crippen molar-refractivity contribution in [2.75, 3.05) is 7.11 Å². The molecule has 21 heavy (non-hydrogen) atoms. The highest BCUT2D eigenvalue weighted by Gasteiger charge is 2.15. The molecule has 0 fully saturated rings. The molecule has 0 spiro atoms. The third kappa shape index (κ3) is 2.78. The van der Waals surface area contributed by atoms with Gasteiger partial charge in [0, 0.05) is 0 Å². The first-order valence-corrected chi connectivity index (χ1v) is 7.11. The zero-order valence-corrected chi connectivity index (χ0v) is 13.4. The van der Waals surface area contributed by atoms with E-state index in [-0.39, 0.29) is 0 Å². The second-order valence-corrected chi connectivity index (χ2v) is 5.49. The number of methoxy groups -OCH3 is 1. The largest absolute Gasteiger partial charge is 0.497 e. The van der Waals surface area contributed by atoms with Gasteiger partial charge in [0.25, 0.3) is 0 Å². The smallest absolute Gasteiger partial charge is 0.119 e. The van der Waals surface area contributed by atoms with Crippen molar-refractivity contribution < 1.29 is 4.74 Å². The molecule has 0 saturated heterocycles. The van der Waals surface area contributed by atoms with Crippen molar-refractivity contribution in [3.63, 3.8) is 0 Å². The molecule has 2 heteroatoms. The Hall–Kier alpha value is -2.27. The van der Waals surface area contributed by atoms with Crippen LogP contribution in [0.2, 0.25) is 0 Å². The number of nitriles is 1. The maximum absolute atomic E-state index is 9.54. The van der Waals surface area contributed by atoms with Crippen LogP contribution in [-0.4, -0.2) is 7.11 Å². The normalized spacial score (nSPS) is 10.3. The van der Waals surface area contributed by atoms with Gasteiger partial charge < -0.3 is 4.74 Å². The number of ether oxygens (including phenoxy) is 1. The van der Waals surface area contributed by atoms with Crippen LogP contribution in [0.5, 0.6) is 5.75 Å². The van der Waals surface area contributed by atoms with Gasteiger partial charge in [0.1, 0.15) is 5.75 Å². The highest BCUT2D eigenvalue weighted by molar-refractivity contribution is 5.56. The second-order valence-electron chi connectivity index (χ2n) is 5.49. The Morgan fingerprint density at radius 3 is 2.29 bits per heavy atom. The Kier molecular flexibility index (Phi) is 4.33. The maximum Gasteiger partial charge on any atom is 0.119 e. The van der Waals surface area contributed by atoms with Gasteiger partial charge in [-0.25, -0.2) is 0 Å². The van der Waals surface area contributed by atoms with Gasteiger partial charge in [0.2, 0.25) is 0 Å². The average molecular weight is 279 g/mol. The van der Waals surface area contributed by atoms with Crippen LogP contribution in [0.1, 0.15) is 38.9 Å². The molecule has 0 saturated carbocycles. The van der Waals surface area contributed by atoms with Crippen LogP contribution >= 0.6 is 0 Å². The van der Waals surface area contributed by atoms with Crippen LogP contribution in [-0.2, 0) is 6.42 Å². The molecule has 0 aliphatic heterocycles. The van der Waals surface area contributed by atoms with Crippen molar-refractivity contribution in [2.24, 2.45) is 0 Å². The molecule has 0 radical (unpaired) electrons. The van der Waals surface area contributed by atoms with E-state index >= 15 is 0 Å². The number of benzene rings is 2. The summed E-state index contributed by atoms with van der Waals surface area (Å²) >= 11 is 0. The van der Waals surface area contributed by atoms with Crippen LogP contribution in [0.15, 0.2) is 24.3 Å². The van der Waals surface area contributed by atoms with Crippen molar-refractivity contribution in [1.82, 2.24) is 0 Å². The van der Waals surface area contributed by atoms with Crippen LogP contribution in [0.25, 0.3) is 0 Å². The van der Waals surface area contributed by atoms with Gasteiger partial charge in [0.15, 0.2) is 0 Å². The number of hydrogen-bond acceptors (Lipinski definition) is 2. The summed E-state index contributed by atoms with van der Waals surface area (Å²) in [6.07, 6.45) is 0.758. The van der Waals surface area contributed by atoms with E-state index in [1.165, 1.54) is 16.7 Å². The maximum atomic E-state index is 9.54. The Morgan fingerprint density at radius 2 is 1.67 bits per heavy atom. The summed E-state index contributed by atoms with van der Waals surface area (Å²) in [5, 5.41) is 9.54. The first-order chi connectivity index (χ1) is 9.99. The molecule has 0 aromatic heterocycles. The highest BCUT2D eigenvalue weighted by Crippen LogP contribution is 2.28. The van der Waals surface area contributed by atoms with Gasteiger partial charge >= 0.3 is 0 Å². The van der Waals surface area contributed by atoms with Gasteiger partial charge in [-0.05, 0) is 79.6 Å². The van der Waals surface area contributed by atoms with Crippen LogP contribution in [0, 0.1) is 39.0 Å². The summed E-state index contributed by atoms with van der Waals surface area (Å²) < 4.78 is 5.28. The van der Waals surface area contributed by atoms with Gasteiger partial charge in [-0.3, -0.25) is 0 Å². The monoisotopic (exact) mass is 279 g/mol. The van der Waals surface area contributed by atoms with Crippen LogP contribution in [0.4, 0.5) is 0 Å².